The molecule has 1 aromatic heterocycles. The Labute approximate surface area is 269 Å². The zero-order chi connectivity index (χ0) is 31.6. The molecule has 8 nitrogen and oxygen atoms in total. The number of ether oxygens (including phenoxy) is 1. The van der Waals surface area contributed by atoms with Gasteiger partial charge in [0, 0.05) is 22.2 Å². The van der Waals surface area contributed by atoms with Gasteiger partial charge < -0.3 is 25.1 Å². The molecule has 0 spiro atoms. The molecule has 0 radical (unpaired) electrons. The highest BCUT2D eigenvalue weighted by Gasteiger charge is 2.17. The molecule has 0 bridgehead atoms. The van der Waals surface area contributed by atoms with Gasteiger partial charge in [-0.25, -0.2) is 0 Å². The van der Waals surface area contributed by atoms with Gasteiger partial charge in [0.25, 0.3) is 11.8 Å². The monoisotopic (exact) mass is 637 g/mol. The molecule has 3 N–H and O–H groups in total. The van der Waals surface area contributed by atoms with Gasteiger partial charge in [0.2, 0.25) is 5.91 Å². The lowest BCUT2D eigenvalue weighted by Crippen LogP contribution is -2.30. The number of carbonyl (C=O) groups excluding carboxylic acids is 3. The number of hydrogen-bond acceptors (Lipinski definition) is 6. The number of para-hydroxylation sites is 2. The summed E-state index contributed by atoms with van der Waals surface area (Å²) in [5, 5.41) is 8.79. The molecule has 5 aromatic rings. The van der Waals surface area contributed by atoms with E-state index in [-0.39, 0.29) is 17.4 Å². The van der Waals surface area contributed by atoms with E-state index in [0.29, 0.717) is 39.2 Å². The second kappa shape index (κ2) is 15.0. The van der Waals surface area contributed by atoms with Crippen LogP contribution >= 0.6 is 23.4 Å². The first-order chi connectivity index (χ1) is 21.9. The number of rotatable bonds is 11. The van der Waals surface area contributed by atoms with E-state index in [1.165, 1.54) is 17.8 Å². The summed E-state index contributed by atoms with van der Waals surface area (Å²) in [4.78, 5) is 39.6. The van der Waals surface area contributed by atoms with Crippen LogP contribution < -0.4 is 20.7 Å². The molecule has 0 aliphatic carbocycles. The third-order valence-electron chi connectivity index (χ3n) is 6.44. The van der Waals surface area contributed by atoms with Gasteiger partial charge >= 0.3 is 0 Å². The van der Waals surface area contributed by atoms with Crippen molar-refractivity contribution in [3.8, 4) is 17.1 Å². The quantitative estimate of drug-likeness (QED) is 0.101. The first kappa shape index (κ1) is 31.2. The molecule has 45 heavy (non-hydrogen) atoms. The van der Waals surface area contributed by atoms with E-state index in [4.69, 9.17) is 20.8 Å². The predicted octanol–water partition coefficient (Wildman–Crippen LogP) is 7.75. The number of methoxy groups -OCH3 is 1. The summed E-state index contributed by atoms with van der Waals surface area (Å²) >= 11 is 7.46. The van der Waals surface area contributed by atoms with Gasteiger partial charge in [-0.1, -0.05) is 54.1 Å². The second-order valence-corrected chi connectivity index (χ2v) is 11.0. The molecule has 5 rings (SSSR count). The molecule has 3 amide bonds. The minimum Gasteiger partial charge on any atom is -0.496 e. The zero-order valence-corrected chi connectivity index (χ0v) is 25.7. The summed E-state index contributed by atoms with van der Waals surface area (Å²) in [6.45, 7) is 0. The maximum atomic E-state index is 13.4. The van der Waals surface area contributed by atoms with Crippen molar-refractivity contribution in [1.82, 2.24) is 5.32 Å². The lowest BCUT2D eigenvalue weighted by atomic mass is 10.1. The van der Waals surface area contributed by atoms with Crippen molar-refractivity contribution in [2.24, 2.45) is 0 Å². The molecule has 4 aromatic carbocycles. The minimum atomic E-state index is -0.547. The maximum absolute atomic E-state index is 13.4. The number of amides is 3. The van der Waals surface area contributed by atoms with Crippen LogP contribution in [0.1, 0.15) is 16.1 Å². The van der Waals surface area contributed by atoms with Crippen LogP contribution in [0.5, 0.6) is 5.75 Å². The van der Waals surface area contributed by atoms with Gasteiger partial charge in [-0.15, -0.1) is 11.8 Å². The fourth-order valence-corrected chi connectivity index (χ4v) is 5.12. The number of thioether (sulfide) groups is 1. The molecular formula is C35H28ClN3O5S. The lowest BCUT2D eigenvalue weighted by molar-refractivity contribution is -0.114. The number of nitrogens with one attached hydrogen (secondary N) is 3. The normalized spacial score (nSPS) is 11.0. The van der Waals surface area contributed by atoms with E-state index in [0.717, 1.165) is 10.5 Å². The molecule has 0 fully saturated rings. The van der Waals surface area contributed by atoms with Crippen molar-refractivity contribution in [3.05, 3.63) is 137 Å². The molecule has 0 aliphatic heterocycles. The van der Waals surface area contributed by atoms with E-state index in [9.17, 15) is 14.4 Å². The van der Waals surface area contributed by atoms with E-state index < -0.39 is 11.8 Å². The molecule has 0 saturated carbocycles. The minimum absolute atomic E-state index is 0.0144. The van der Waals surface area contributed by atoms with Crippen LogP contribution in [0.2, 0.25) is 5.02 Å². The van der Waals surface area contributed by atoms with E-state index in [2.05, 4.69) is 16.0 Å². The Morgan fingerprint density at radius 3 is 2.29 bits per heavy atom. The fourth-order valence-electron chi connectivity index (χ4n) is 4.24. The van der Waals surface area contributed by atoms with Crippen LogP contribution in [0.3, 0.4) is 0 Å². The molecule has 0 atom stereocenters. The van der Waals surface area contributed by atoms with Gasteiger partial charge in [0.05, 0.1) is 29.1 Å². The van der Waals surface area contributed by atoms with E-state index in [1.807, 2.05) is 24.3 Å². The van der Waals surface area contributed by atoms with Crippen LogP contribution in [-0.4, -0.2) is 30.6 Å². The van der Waals surface area contributed by atoms with Crippen LogP contribution in [0.15, 0.2) is 130 Å². The number of carbonyl (C=O) groups is 3. The third kappa shape index (κ3) is 8.44. The van der Waals surface area contributed by atoms with Crippen molar-refractivity contribution in [1.29, 1.82) is 0 Å². The molecule has 0 unspecified atom stereocenters. The van der Waals surface area contributed by atoms with Crippen LogP contribution in [0.4, 0.5) is 11.4 Å². The first-order valence-corrected chi connectivity index (χ1v) is 15.2. The van der Waals surface area contributed by atoms with Gasteiger partial charge in [-0.2, -0.15) is 0 Å². The van der Waals surface area contributed by atoms with Crippen molar-refractivity contribution in [2.75, 3.05) is 23.5 Å². The Kier molecular flexibility index (Phi) is 10.4. The van der Waals surface area contributed by atoms with Crippen LogP contribution in [-0.2, 0) is 9.59 Å². The van der Waals surface area contributed by atoms with Crippen molar-refractivity contribution in [2.45, 2.75) is 4.90 Å². The molecule has 226 valence electrons. The van der Waals surface area contributed by atoms with Gasteiger partial charge in [0.1, 0.15) is 23.0 Å². The van der Waals surface area contributed by atoms with Crippen LogP contribution in [0, 0.1) is 0 Å². The van der Waals surface area contributed by atoms with Crippen LogP contribution in [0.25, 0.3) is 17.4 Å². The average molecular weight is 638 g/mol. The summed E-state index contributed by atoms with van der Waals surface area (Å²) < 4.78 is 11.4. The van der Waals surface area contributed by atoms with E-state index in [1.54, 1.807) is 98.1 Å². The van der Waals surface area contributed by atoms with Crippen molar-refractivity contribution >= 4 is 58.5 Å². The van der Waals surface area contributed by atoms with Gasteiger partial charge in [-0.3, -0.25) is 14.4 Å². The summed E-state index contributed by atoms with van der Waals surface area (Å²) in [6, 6.07) is 33.5. The number of benzene rings is 4. The number of furan rings is 1. The standard InChI is InChI=1S/C35H28ClN3O5S/c1-43-31-14-8-5-11-27(31)32-20-17-25(44-32)21-30(39-34(41)23-9-3-2-4-10-23)35(42)37-24-15-18-26(19-16-24)45-22-33(40)38-29-13-7-6-12-28(29)36/h2-21H,22H2,1H3,(H,37,42)(H,38,40)(H,39,41)/b30-21+. The molecule has 0 aliphatic rings. The van der Waals surface area contributed by atoms with E-state index >= 15 is 0 Å². The largest absolute Gasteiger partial charge is 0.496 e. The average Bonchev–Trinajstić information content (AvgIpc) is 3.54. The Morgan fingerprint density at radius 1 is 0.822 bits per heavy atom. The highest BCUT2D eigenvalue weighted by atomic mass is 35.5. The maximum Gasteiger partial charge on any atom is 0.272 e. The Hall–Kier alpha value is -5.25. The Balaban J connectivity index is 1.29. The summed E-state index contributed by atoms with van der Waals surface area (Å²) in [7, 11) is 1.58. The topological polar surface area (TPSA) is 110 Å². The Bertz CT molecular complexity index is 1840. The summed E-state index contributed by atoms with van der Waals surface area (Å²) in [5.41, 5.74) is 2.18. The number of hydrogen-bond donors (Lipinski definition) is 3. The Morgan fingerprint density at radius 2 is 1.53 bits per heavy atom. The molecular weight excluding hydrogens is 610 g/mol. The highest BCUT2D eigenvalue weighted by Crippen LogP contribution is 2.31. The lowest BCUT2D eigenvalue weighted by Gasteiger charge is -2.11. The number of halogens is 1. The van der Waals surface area contributed by atoms with Crippen molar-refractivity contribution < 1.29 is 23.5 Å². The third-order valence-corrected chi connectivity index (χ3v) is 7.79. The zero-order valence-electron chi connectivity index (χ0n) is 24.1. The molecule has 1 heterocycles. The summed E-state index contributed by atoms with van der Waals surface area (Å²) in [5.74, 6) is 0.527. The predicted molar refractivity (Wildman–Crippen MR) is 178 cm³/mol. The van der Waals surface area contributed by atoms with Gasteiger partial charge in [-0.05, 0) is 72.8 Å². The SMILES string of the molecule is COc1ccccc1-c1ccc(/C=C(/NC(=O)c2ccccc2)C(=O)Nc2ccc(SCC(=O)Nc3ccccc3Cl)cc2)o1. The molecule has 10 heteroatoms. The smallest absolute Gasteiger partial charge is 0.272 e. The fraction of sp³-hybridized carbons (Fsp3) is 0.0571. The summed E-state index contributed by atoms with van der Waals surface area (Å²) in [6.07, 6.45) is 1.47. The molecule has 0 saturated heterocycles. The second-order valence-electron chi connectivity index (χ2n) is 9.58. The van der Waals surface area contributed by atoms with Gasteiger partial charge in [0.15, 0.2) is 0 Å². The van der Waals surface area contributed by atoms with Crippen molar-refractivity contribution in [3.63, 3.8) is 0 Å². The highest BCUT2D eigenvalue weighted by molar-refractivity contribution is 8.00. The first-order valence-electron chi connectivity index (χ1n) is 13.8. The number of anilines is 2.